The monoisotopic (exact) mass is 442 g/mol. The Morgan fingerprint density at radius 2 is 1.80 bits per heavy atom. The molecule has 1 amide bonds. The van der Waals surface area contributed by atoms with Gasteiger partial charge in [0.15, 0.2) is 0 Å². The number of anilines is 1. The van der Waals surface area contributed by atoms with Crippen molar-refractivity contribution in [1.29, 1.82) is 0 Å². The van der Waals surface area contributed by atoms with Crippen LogP contribution in [0.15, 0.2) is 61.2 Å². The number of rotatable bonds is 5. The zero-order chi connectivity index (χ0) is 21.3. The van der Waals surface area contributed by atoms with Crippen molar-refractivity contribution in [3.8, 4) is 0 Å². The smallest absolute Gasteiger partial charge is 0.296 e. The van der Waals surface area contributed by atoms with Gasteiger partial charge in [-0.15, -0.1) is 0 Å². The number of carbonyl (C=O) groups is 2. The van der Waals surface area contributed by atoms with Gasteiger partial charge in [-0.1, -0.05) is 41.4 Å². The Balaban J connectivity index is 1.69. The fraction of sp³-hybridized carbons (Fsp3) is 0.0476. The summed E-state index contributed by atoms with van der Waals surface area (Å²) < 4.78 is 15.7. The van der Waals surface area contributed by atoms with Gasteiger partial charge in [0.2, 0.25) is 0 Å². The van der Waals surface area contributed by atoms with E-state index in [4.69, 9.17) is 23.2 Å². The molecule has 0 bridgehead atoms. The maximum absolute atomic E-state index is 14.1. The maximum Gasteiger partial charge on any atom is 0.296 e. The number of benzene rings is 1. The molecule has 1 aromatic carbocycles. The topological polar surface area (TPSA) is 76.9 Å². The lowest BCUT2D eigenvalue weighted by atomic mass is 10.1. The van der Waals surface area contributed by atoms with E-state index >= 15 is 0 Å². The molecule has 4 aromatic rings. The zero-order valence-electron chi connectivity index (χ0n) is 15.3. The molecule has 6 nitrogen and oxygen atoms in total. The molecule has 0 aliphatic heterocycles. The Kier molecular flexibility index (Phi) is 5.48. The molecular formula is C21H13Cl2FN4O2. The van der Waals surface area contributed by atoms with Gasteiger partial charge < -0.3 is 9.88 Å². The molecule has 30 heavy (non-hydrogen) atoms. The maximum atomic E-state index is 14.1. The van der Waals surface area contributed by atoms with Crippen molar-refractivity contribution < 1.29 is 14.0 Å². The zero-order valence-corrected chi connectivity index (χ0v) is 16.8. The van der Waals surface area contributed by atoms with Crippen molar-refractivity contribution >= 4 is 51.6 Å². The molecule has 3 heterocycles. The molecule has 4 rings (SSSR count). The summed E-state index contributed by atoms with van der Waals surface area (Å²) >= 11 is 12.0. The van der Waals surface area contributed by atoms with Crippen LogP contribution in [0.1, 0.15) is 15.9 Å². The molecular weight excluding hydrogens is 430 g/mol. The van der Waals surface area contributed by atoms with Gasteiger partial charge in [0.1, 0.15) is 11.5 Å². The molecule has 0 aliphatic carbocycles. The Bertz CT molecular complexity index is 1270. The summed E-state index contributed by atoms with van der Waals surface area (Å²) in [5, 5.41) is 3.11. The standard InChI is InChI=1S/C21H13Cl2FN4O2/c22-15-8-25-9-16(23)18(15)27-21(30)19(29)14-11-28(20-13(14)5-3-7-26-20)10-12-4-1-2-6-17(12)24/h1-9,11H,10H2,(H,25,27,30). The normalized spacial score (nSPS) is 10.9. The lowest BCUT2D eigenvalue weighted by molar-refractivity contribution is -0.112. The third-order valence-electron chi connectivity index (χ3n) is 4.48. The highest BCUT2D eigenvalue weighted by atomic mass is 35.5. The molecule has 0 fully saturated rings. The van der Waals surface area contributed by atoms with Crippen LogP contribution in [-0.4, -0.2) is 26.2 Å². The highest BCUT2D eigenvalue weighted by molar-refractivity contribution is 6.50. The van der Waals surface area contributed by atoms with Crippen LogP contribution in [0.2, 0.25) is 10.0 Å². The highest BCUT2D eigenvalue weighted by Gasteiger charge is 2.24. The number of hydrogen-bond acceptors (Lipinski definition) is 4. The number of carbonyl (C=O) groups excluding carboxylic acids is 2. The second kappa shape index (κ2) is 8.22. The van der Waals surface area contributed by atoms with Crippen molar-refractivity contribution in [3.05, 3.63) is 88.2 Å². The fourth-order valence-electron chi connectivity index (χ4n) is 3.06. The summed E-state index contributed by atoms with van der Waals surface area (Å²) in [6, 6.07) is 9.65. The molecule has 0 spiro atoms. The number of amides is 1. The predicted molar refractivity (Wildman–Crippen MR) is 112 cm³/mol. The van der Waals surface area contributed by atoms with Crippen LogP contribution >= 0.6 is 23.2 Å². The summed E-state index contributed by atoms with van der Waals surface area (Å²) in [6.45, 7) is 0.150. The van der Waals surface area contributed by atoms with Crippen LogP contribution in [-0.2, 0) is 11.3 Å². The fourth-order valence-corrected chi connectivity index (χ4v) is 3.52. The third kappa shape index (κ3) is 3.77. The van der Waals surface area contributed by atoms with E-state index in [-0.39, 0.29) is 33.7 Å². The van der Waals surface area contributed by atoms with Crippen molar-refractivity contribution in [1.82, 2.24) is 14.5 Å². The van der Waals surface area contributed by atoms with E-state index in [2.05, 4.69) is 15.3 Å². The third-order valence-corrected chi connectivity index (χ3v) is 5.05. The van der Waals surface area contributed by atoms with Gasteiger partial charge in [0, 0.05) is 35.7 Å². The molecule has 0 atom stereocenters. The van der Waals surface area contributed by atoms with Gasteiger partial charge >= 0.3 is 0 Å². The number of pyridine rings is 2. The summed E-state index contributed by atoms with van der Waals surface area (Å²) in [5.74, 6) is -2.09. The molecule has 9 heteroatoms. The Hall–Kier alpha value is -3.29. The van der Waals surface area contributed by atoms with E-state index in [1.807, 2.05) is 0 Å². The van der Waals surface area contributed by atoms with E-state index in [0.717, 1.165) is 0 Å². The summed E-state index contributed by atoms with van der Waals surface area (Å²) in [7, 11) is 0. The number of ketones is 1. The largest absolute Gasteiger partial charge is 0.327 e. The number of nitrogens with one attached hydrogen (secondary N) is 1. The first-order chi connectivity index (χ1) is 14.5. The minimum Gasteiger partial charge on any atom is -0.327 e. The predicted octanol–water partition coefficient (Wildman–Crippen LogP) is 4.75. The van der Waals surface area contributed by atoms with Crippen LogP contribution in [0.4, 0.5) is 10.1 Å². The molecule has 0 saturated heterocycles. The van der Waals surface area contributed by atoms with Crippen LogP contribution in [0.3, 0.4) is 0 Å². The average molecular weight is 443 g/mol. The van der Waals surface area contributed by atoms with Crippen LogP contribution in [0.25, 0.3) is 11.0 Å². The van der Waals surface area contributed by atoms with Crippen molar-refractivity contribution in [3.63, 3.8) is 0 Å². The molecule has 0 aliphatic rings. The highest BCUT2D eigenvalue weighted by Crippen LogP contribution is 2.29. The van der Waals surface area contributed by atoms with Gasteiger partial charge in [-0.25, -0.2) is 9.37 Å². The summed E-state index contributed by atoms with van der Waals surface area (Å²) in [5.41, 5.74) is 1.11. The number of fused-ring (bicyclic) bond motifs is 1. The average Bonchev–Trinajstić information content (AvgIpc) is 3.10. The first-order valence-corrected chi connectivity index (χ1v) is 9.53. The number of nitrogens with zero attached hydrogens (tertiary/aromatic N) is 3. The molecule has 0 unspecified atom stereocenters. The number of aromatic nitrogens is 3. The van der Waals surface area contributed by atoms with Crippen LogP contribution < -0.4 is 5.32 Å². The minimum absolute atomic E-state index is 0.0971. The Labute approximate surface area is 180 Å². The van der Waals surface area contributed by atoms with Crippen molar-refractivity contribution in [2.24, 2.45) is 0 Å². The summed E-state index contributed by atoms with van der Waals surface area (Å²) in [6.07, 6.45) is 5.66. The van der Waals surface area contributed by atoms with Gasteiger partial charge in [0.05, 0.1) is 27.8 Å². The molecule has 150 valence electrons. The lowest BCUT2D eigenvalue weighted by Gasteiger charge is -2.07. The molecule has 0 radical (unpaired) electrons. The van der Waals surface area contributed by atoms with E-state index in [0.29, 0.717) is 16.6 Å². The molecule has 0 saturated carbocycles. The van der Waals surface area contributed by atoms with Gasteiger partial charge in [0.25, 0.3) is 11.7 Å². The van der Waals surface area contributed by atoms with E-state index in [1.165, 1.54) is 24.7 Å². The second-order valence-corrected chi connectivity index (χ2v) is 7.21. The van der Waals surface area contributed by atoms with E-state index in [9.17, 15) is 14.0 Å². The van der Waals surface area contributed by atoms with Gasteiger partial charge in [-0.05, 0) is 18.2 Å². The van der Waals surface area contributed by atoms with Gasteiger partial charge in [-0.2, -0.15) is 0 Å². The lowest BCUT2D eigenvalue weighted by Crippen LogP contribution is -2.23. The van der Waals surface area contributed by atoms with E-state index < -0.39 is 11.7 Å². The Morgan fingerprint density at radius 1 is 1.07 bits per heavy atom. The first kappa shape index (κ1) is 20.0. The number of halogens is 3. The quantitative estimate of drug-likeness (QED) is 0.357. The SMILES string of the molecule is O=C(Nc1c(Cl)cncc1Cl)C(=O)c1cn(Cc2ccccc2F)c2ncccc12. The first-order valence-electron chi connectivity index (χ1n) is 8.77. The van der Waals surface area contributed by atoms with Crippen molar-refractivity contribution in [2.45, 2.75) is 6.54 Å². The minimum atomic E-state index is -0.918. The molecule has 3 aromatic heterocycles. The summed E-state index contributed by atoms with van der Waals surface area (Å²) in [4.78, 5) is 33.6. The molecule has 1 N–H and O–H groups in total. The van der Waals surface area contributed by atoms with E-state index in [1.54, 1.807) is 41.1 Å². The van der Waals surface area contributed by atoms with Crippen LogP contribution in [0.5, 0.6) is 0 Å². The number of Topliss-reactive ketones (excluding diaryl/α,β-unsaturated/α-hetero) is 1. The van der Waals surface area contributed by atoms with Gasteiger partial charge in [-0.3, -0.25) is 14.6 Å². The number of hydrogen-bond donors (Lipinski definition) is 1. The Morgan fingerprint density at radius 3 is 2.53 bits per heavy atom. The van der Waals surface area contributed by atoms with Crippen LogP contribution in [0, 0.1) is 5.82 Å². The second-order valence-electron chi connectivity index (χ2n) is 6.40. The van der Waals surface area contributed by atoms with Crippen molar-refractivity contribution in [2.75, 3.05) is 5.32 Å².